The lowest BCUT2D eigenvalue weighted by Gasteiger charge is -2.31. The first kappa shape index (κ1) is 7.74. The third-order valence-corrected chi connectivity index (χ3v) is 2.45. The van der Waals surface area contributed by atoms with Crippen LogP contribution < -0.4 is 0 Å². The molecule has 0 aliphatic heterocycles. The molecule has 1 nitrogen and oxygen atoms in total. The van der Waals surface area contributed by atoms with E-state index in [0.717, 1.165) is 18.4 Å². The Morgan fingerprint density at radius 3 is 2.25 bits per heavy atom. The van der Waals surface area contributed by atoms with E-state index < -0.39 is 0 Å². The van der Waals surface area contributed by atoms with Crippen LogP contribution in [0, 0.1) is 5.82 Å². The summed E-state index contributed by atoms with van der Waals surface area (Å²) >= 11 is 0. The Labute approximate surface area is 70.8 Å². The predicted molar refractivity (Wildman–Crippen MR) is 44.4 cm³/mol. The van der Waals surface area contributed by atoms with Gasteiger partial charge in [-0.1, -0.05) is 12.1 Å². The van der Waals surface area contributed by atoms with Crippen molar-refractivity contribution in [1.82, 2.24) is 0 Å². The molecular weight excluding hydrogens is 155 g/mol. The van der Waals surface area contributed by atoms with E-state index in [4.69, 9.17) is 5.11 Å². The molecule has 0 saturated heterocycles. The van der Waals surface area contributed by atoms with E-state index >= 15 is 0 Å². The quantitative estimate of drug-likeness (QED) is 0.677. The van der Waals surface area contributed by atoms with Crippen molar-refractivity contribution < 1.29 is 9.50 Å². The molecule has 2 heteroatoms. The number of hydrogen-bond acceptors (Lipinski definition) is 1. The van der Waals surface area contributed by atoms with Gasteiger partial charge in [0.15, 0.2) is 0 Å². The lowest BCUT2D eigenvalue weighted by molar-refractivity contribution is 0.0746. The van der Waals surface area contributed by atoms with E-state index in [9.17, 15) is 4.39 Å². The van der Waals surface area contributed by atoms with Gasteiger partial charge < -0.3 is 5.11 Å². The van der Waals surface area contributed by atoms with Crippen LogP contribution in [0.1, 0.15) is 24.3 Å². The highest BCUT2D eigenvalue weighted by Crippen LogP contribution is 2.36. The van der Waals surface area contributed by atoms with Crippen molar-refractivity contribution in [3.05, 3.63) is 35.6 Å². The molecular formula is C10H11FO. The van der Waals surface area contributed by atoms with Crippen LogP contribution in [-0.2, 0) is 0 Å². The Balaban J connectivity index is 2.09. The monoisotopic (exact) mass is 166 g/mol. The molecule has 64 valence electrons. The van der Waals surface area contributed by atoms with Gasteiger partial charge in [-0.15, -0.1) is 0 Å². The second-order valence-corrected chi connectivity index (χ2v) is 3.37. The molecule has 2 rings (SSSR count). The lowest BCUT2D eigenvalue weighted by Crippen LogP contribution is -2.26. The SMILES string of the molecule is O[C@H]1C[C@@H](c2ccc(F)cc2)C1. The molecule has 1 saturated carbocycles. The molecule has 1 aliphatic rings. The van der Waals surface area contributed by atoms with Gasteiger partial charge in [-0.05, 0) is 36.5 Å². The number of halogens is 1. The topological polar surface area (TPSA) is 20.2 Å². The standard InChI is InChI=1S/C10H11FO/c11-9-3-1-7(2-4-9)8-5-10(12)6-8/h1-4,8,10,12H,5-6H2/t8-,10+. The highest BCUT2D eigenvalue weighted by Gasteiger charge is 2.28. The van der Waals surface area contributed by atoms with Crippen LogP contribution in [0.3, 0.4) is 0 Å². The van der Waals surface area contributed by atoms with Gasteiger partial charge in [0.25, 0.3) is 0 Å². The Kier molecular flexibility index (Phi) is 1.85. The van der Waals surface area contributed by atoms with Crippen LogP contribution in [0.25, 0.3) is 0 Å². The number of benzene rings is 1. The summed E-state index contributed by atoms with van der Waals surface area (Å²) in [5.41, 5.74) is 1.14. The van der Waals surface area contributed by atoms with E-state index in [2.05, 4.69) is 0 Å². The van der Waals surface area contributed by atoms with Gasteiger partial charge >= 0.3 is 0 Å². The second kappa shape index (κ2) is 2.87. The van der Waals surface area contributed by atoms with Gasteiger partial charge in [0.2, 0.25) is 0 Å². The fourth-order valence-corrected chi connectivity index (χ4v) is 1.59. The summed E-state index contributed by atoms with van der Waals surface area (Å²) in [6.07, 6.45) is 1.51. The van der Waals surface area contributed by atoms with Crippen molar-refractivity contribution in [1.29, 1.82) is 0 Å². The third kappa shape index (κ3) is 1.34. The van der Waals surface area contributed by atoms with Crippen molar-refractivity contribution in [2.75, 3.05) is 0 Å². The maximum absolute atomic E-state index is 12.5. The summed E-state index contributed by atoms with van der Waals surface area (Å²) in [6.45, 7) is 0. The molecule has 0 spiro atoms. The molecule has 0 heterocycles. The Morgan fingerprint density at radius 1 is 1.17 bits per heavy atom. The highest BCUT2D eigenvalue weighted by molar-refractivity contribution is 5.22. The van der Waals surface area contributed by atoms with Crippen molar-refractivity contribution in [3.8, 4) is 0 Å². The van der Waals surface area contributed by atoms with Crippen LogP contribution >= 0.6 is 0 Å². The van der Waals surface area contributed by atoms with Crippen molar-refractivity contribution in [2.24, 2.45) is 0 Å². The largest absolute Gasteiger partial charge is 0.393 e. The molecule has 0 amide bonds. The van der Waals surface area contributed by atoms with Crippen LogP contribution in [-0.4, -0.2) is 11.2 Å². The van der Waals surface area contributed by atoms with Crippen LogP contribution in [0.4, 0.5) is 4.39 Å². The molecule has 0 bridgehead atoms. The summed E-state index contributed by atoms with van der Waals surface area (Å²) in [7, 11) is 0. The van der Waals surface area contributed by atoms with E-state index in [-0.39, 0.29) is 11.9 Å². The van der Waals surface area contributed by atoms with Gasteiger partial charge in [-0.3, -0.25) is 0 Å². The molecule has 0 aromatic heterocycles. The predicted octanol–water partition coefficient (Wildman–Crippen LogP) is 2.06. The number of hydrogen-bond donors (Lipinski definition) is 1. The Hall–Kier alpha value is -0.890. The number of aliphatic hydroxyl groups is 1. The van der Waals surface area contributed by atoms with Crippen molar-refractivity contribution in [3.63, 3.8) is 0 Å². The van der Waals surface area contributed by atoms with Gasteiger partial charge in [-0.25, -0.2) is 4.39 Å². The normalized spacial score (nSPS) is 28.2. The molecule has 1 fully saturated rings. The third-order valence-electron chi connectivity index (χ3n) is 2.45. The average molecular weight is 166 g/mol. The molecule has 1 aromatic carbocycles. The van der Waals surface area contributed by atoms with E-state index in [1.165, 1.54) is 12.1 Å². The van der Waals surface area contributed by atoms with E-state index in [0.29, 0.717) is 5.92 Å². The summed E-state index contributed by atoms with van der Waals surface area (Å²) in [4.78, 5) is 0. The minimum absolute atomic E-state index is 0.139. The van der Waals surface area contributed by atoms with E-state index in [1.807, 2.05) is 0 Å². The van der Waals surface area contributed by atoms with Gasteiger partial charge in [0.1, 0.15) is 5.82 Å². The first-order chi connectivity index (χ1) is 5.75. The second-order valence-electron chi connectivity index (χ2n) is 3.37. The highest BCUT2D eigenvalue weighted by atomic mass is 19.1. The summed E-state index contributed by atoms with van der Waals surface area (Å²) < 4.78 is 12.5. The molecule has 1 aromatic rings. The fraction of sp³-hybridized carbons (Fsp3) is 0.400. The maximum atomic E-state index is 12.5. The molecule has 12 heavy (non-hydrogen) atoms. The first-order valence-corrected chi connectivity index (χ1v) is 4.19. The van der Waals surface area contributed by atoms with Crippen LogP contribution in [0.15, 0.2) is 24.3 Å². The average Bonchev–Trinajstić information content (AvgIpc) is 2.01. The van der Waals surface area contributed by atoms with Crippen molar-refractivity contribution >= 4 is 0 Å². The Bertz CT molecular complexity index is 262. The summed E-state index contributed by atoms with van der Waals surface area (Å²) in [5.74, 6) is 0.249. The van der Waals surface area contributed by atoms with E-state index in [1.54, 1.807) is 12.1 Å². The minimum atomic E-state index is -0.196. The Morgan fingerprint density at radius 2 is 1.75 bits per heavy atom. The molecule has 0 unspecified atom stereocenters. The zero-order valence-electron chi connectivity index (χ0n) is 6.70. The molecule has 0 atom stereocenters. The van der Waals surface area contributed by atoms with Gasteiger partial charge in [0.05, 0.1) is 6.10 Å². The maximum Gasteiger partial charge on any atom is 0.123 e. The zero-order chi connectivity index (χ0) is 8.55. The summed E-state index contributed by atoms with van der Waals surface area (Å²) in [5, 5.41) is 9.06. The van der Waals surface area contributed by atoms with Crippen LogP contribution in [0.5, 0.6) is 0 Å². The van der Waals surface area contributed by atoms with Gasteiger partial charge in [-0.2, -0.15) is 0 Å². The zero-order valence-corrected chi connectivity index (χ0v) is 6.70. The number of aliphatic hydroxyl groups excluding tert-OH is 1. The lowest BCUT2D eigenvalue weighted by atomic mass is 9.78. The first-order valence-electron chi connectivity index (χ1n) is 4.19. The molecule has 1 aliphatic carbocycles. The smallest absolute Gasteiger partial charge is 0.123 e. The van der Waals surface area contributed by atoms with Crippen molar-refractivity contribution in [2.45, 2.75) is 24.9 Å². The molecule has 0 radical (unpaired) electrons. The number of rotatable bonds is 1. The minimum Gasteiger partial charge on any atom is -0.393 e. The fourth-order valence-electron chi connectivity index (χ4n) is 1.59. The van der Waals surface area contributed by atoms with Gasteiger partial charge in [0, 0.05) is 0 Å². The van der Waals surface area contributed by atoms with Crippen LogP contribution in [0.2, 0.25) is 0 Å². The summed E-state index contributed by atoms with van der Waals surface area (Å²) in [6, 6.07) is 6.54. The molecule has 1 N–H and O–H groups in total.